The molecule has 2 aliphatic carbocycles. The highest BCUT2D eigenvalue weighted by Crippen LogP contribution is 2.52. The van der Waals surface area contributed by atoms with Crippen LogP contribution in [0.25, 0.3) is 0 Å². The van der Waals surface area contributed by atoms with Crippen molar-refractivity contribution >= 4 is 41.8 Å². The largest absolute Gasteiger partial charge is 0.488 e. The number of benzene rings is 1. The Bertz CT molecular complexity index is 897. The average molecular weight is 574 g/mol. The number of guanidine groups is 1. The summed E-state index contributed by atoms with van der Waals surface area (Å²) in [5, 5.41) is 6.33. The molecule has 1 saturated carbocycles. The molecule has 1 aromatic rings. The van der Waals surface area contributed by atoms with Gasteiger partial charge in [-0.2, -0.15) is 0 Å². The van der Waals surface area contributed by atoms with Crippen molar-refractivity contribution in [3.63, 3.8) is 0 Å². The summed E-state index contributed by atoms with van der Waals surface area (Å²) >= 11 is 0. The summed E-state index contributed by atoms with van der Waals surface area (Å²) in [6, 6.07) is 6.94. The molecule has 0 aromatic heterocycles. The molecule has 4 unspecified atom stereocenters. The fraction of sp³-hybridized carbons (Fsp3) is 0.522. The van der Waals surface area contributed by atoms with E-state index in [1.165, 1.54) is 4.90 Å². The van der Waals surface area contributed by atoms with Gasteiger partial charge in [-0.15, -0.1) is 24.0 Å². The summed E-state index contributed by atoms with van der Waals surface area (Å²) < 4.78 is 29.6. The minimum atomic E-state index is -2.52. The van der Waals surface area contributed by atoms with E-state index >= 15 is 0 Å². The Morgan fingerprint density at radius 1 is 1.18 bits per heavy atom. The van der Waals surface area contributed by atoms with Gasteiger partial charge in [0.1, 0.15) is 12.4 Å². The van der Waals surface area contributed by atoms with Crippen molar-refractivity contribution in [2.24, 2.45) is 28.7 Å². The third-order valence-corrected chi connectivity index (χ3v) is 6.37. The molecule has 1 saturated heterocycles. The Labute approximate surface area is 209 Å². The number of amides is 2. The summed E-state index contributed by atoms with van der Waals surface area (Å²) in [6.07, 6.45) is 3.23. The van der Waals surface area contributed by atoms with Crippen LogP contribution in [0.1, 0.15) is 18.4 Å². The van der Waals surface area contributed by atoms with Crippen LogP contribution < -0.4 is 15.4 Å². The monoisotopic (exact) mass is 574 g/mol. The van der Waals surface area contributed by atoms with Crippen LogP contribution in [-0.4, -0.2) is 55.8 Å². The molecule has 2 N–H and O–H groups in total. The van der Waals surface area contributed by atoms with Gasteiger partial charge in [-0.25, -0.2) is 8.78 Å². The van der Waals surface area contributed by atoms with Crippen LogP contribution in [0.2, 0.25) is 0 Å². The van der Waals surface area contributed by atoms with E-state index in [0.717, 1.165) is 12.0 Å². The maximum absolute atomic E-state index is 12.7. The molecule has 3 aliphatic rings. The van der Waals surface area contributed by atoms with Crippen molar-refractivity contribution in [1.82, 2.24) is 15.5 Å². The number of nitrogens with zero attached hydrogens (tertiary/aromatic N) is 2. The van der Waals surface area contributed by atoms with Gasteiger partial charge in [0.2, 0.25) is 11.8 Å². The van der Waals surface area contributed by atoms with Gasteiger partial charge in [0.05, 0.1) is 11.8 Å². The first-order valence-corrected chi connectivity index (χ1v) is 11.0. The molecule has 0 spiro atoms. The van der Waals surface area contributed by atoms with E-state index in [1.807, 2.05) is 6.07 Å². The van der Waals surface area contributed by atoms with Gasteiger partial charge in [0, 0.05) is 26.7 Å². The van der Waals surface area contributed by atoms with Crippen molar-refractivity contribution in [3.05, 3.63) is 42.0 Å². The number of allylic oxidation sites excluding steroid dienone is 2. The molecule has 10 heteroatoms. The molecule has 0 radical (unpaired) electrons. The minimum absolute atomic E-state index is 0. The van der Waals surface area contributed by atoms with Gasteiger partial charge >= 0.3 is 0 Å². The fourth-order valence-electron chi connectivity index (χ4n) is 4.94. The Morgan fingerprint density at radius 2 is 1.88 bits per heavy atom. The molecule has 1 aliphatic heterocycles. The number of carbonyl (C=O) groups excluding carboxylic acids is 2. The van der Waals surface area contributed by atoms with Crippen LogP contribution in [0.15, 0.2) is 41.4 Å². The molecule has 180 valence electrons. The Kier molecular flexibility index (Phi) is 8.66. The maximum atomic E-state index is 12.7. The molecule has 33 heavy (non-hydrogen) atoms. The van der Waals surface area contributed by atoms with Gasteiger partial charge in [0.15, 0.2) is 5.96 Å². The molecule has 1 heterocycles. The second kappa shape index (κ2) is 11.3. The van der Waals surface area contributed by atoms with Crippen molar-refractivity contribution in [3.8, 4) is 5.75 Å². The van der Waals surface area contributed by atoms with Gasteiger partial charge in [-0.3, -0.25) is 19.5 Å². The lowest BCUT2D eigenvalue weighted by Gasteiger charge is -2.18. The zero-order valence-corrected chi connectivity index (χ0v) is 20.7. The van der Waals surface area contributed by atoms with Gasteiger partial charge < -0.3 is 15.4 Å². The highest BCUT2D eigenvalue weighted by Gasteiger charge is 2.58. The minimum Gasteiger partial charge on any atom is -0.488 e. The number of hydrogen-bond acceptors (Lipinski definition) is 4. The second-order valence-electron chi connectivity index (χ2n) is 8.38. The average Bonchev–Trinajstić information content (AvgIpc) is 3.47. The summed E-state index contributed by atoms with van der Waals surface area (Å²) in [6.45, 7) is 0.752. The molecule has 4 rings (SSSR count). The van der Waals surface area contributed by atoms with Gasteiger partial charge in [-0.05, 0) is 42.4 Å². The summed E-state index contributed by atoms with van der Waals surface area (Å²) in [5.74, 6) is 1.07. The number of aliphatic imine (C=N–C) groups is 1. The van der Waals surface area contributed by atoms with Crippen molar-refractivity contribution in [1.29, 1.82) is 0 Å². The smallest absolute Gasteiger partial charge is 0.272 e. The number of ether oxygens (including phenoxy) is 1. The first-order chi connectivity index (χ1) is 15.5. The Hall–Kier alpha value is -2.24. The van der Waals surface area contributed by atoms with E-state index in [-0.39, 0.29) is 59.5 Å². The van der Waals surface area contributed by atoms with E-state index in [0.29, 0.717) is 37.8 Å². The molecule has 7 nitrogen and oxygen atoms in total. The zero-order chi connectivity index (χ0) is 22.7. The number of alkyl halides is 2. The molecule has 2 amide bonds. The van der Waals surface area contributed by atoms with E-state index in [4.69, 9.17) is 4.74 Å². The van der Waals surface area contributed by atoms with Crippen molar-refractivity contribution < 1.29 is 23.1 Å². The SMILES string of the molecule is CN=C(NCCCN1C(=O)C2C3C=CC(C3)C2C1=O)NCc1cccc(OCC(F)F)c1.I. The number of carbonyl (C=O) groups is 2. The molecular weight excluding hydrogens is 545 g/mol. The van der Waals surface area contributed by atoms with E-state index < -0.39 is 13.0 Å². The number of rotatable bonds is 9. The van der Waals surface area contributed by atoms with Gasteiger partial charge in [-0.1, -0.05) is 24.3 Å². The first kappa shape index (κ1) is 25.4. The van der Waals surface area contributed by atoms with E-state index in [9.17, 15) is 18.4 Å². The highest BCUT2D eigenvalue weighted by molar-refractivity contribution is 14.0. The third kappa shape index (κ3) is 5.64. The fourth-order valence-corrected chi connectivity index (χ4v) is 4.94. The van der Waals surface area contributed by atoms with Crippen molar-refractivity contribution in [2.45, 2.75) is 25.8 Å². The zero-order valence-electron chi connectivity index (χ0n) is 18.4. The molecule has 2 fully saturated rings. The van der Waals surface area contributed by atoms with Crippen molar-refractivity contribution in [2.75, 3.05) is 26.7 Å². The molecule has 4 atom stereocenters. The highest BCUT2D eigenvalue weighted by atomic mass is 127. The molecule has 1 aromatic carbocycles. The summed E-state index contributed by atoms with van der Waals surface area (Å²) in [5.41, 5.74) is 0.864. The van der Waals surface area contributed by atoms with Gasteiger partial charge in [0.25, 0.3) is 6.43 Å². The molecule has 2 bridgehead atoms. The third-order valence-electron chi connectivity index (χ3n) is 6.37. The van der Waals surface area contributed by atoms with E-state index in [2.05, 4.69) is 27.8 Å². The van der Waals surface area contributed by atoms with Crippen LogP contribution >= 0.6 is 24.0 Å². The number of nitrogens with one attached hydrogen (secondary N) is 2. The molecular formula is C23H29F2IN4O3. The number of hydrogen-bond donors (Lipinski definition) is 2. The van der Waals surface area contributed by atoms with Crippen LogP contribution in [-0.2, 0) is 16.1 Å². The van der Waals surface area contributed by atoms with Crippen LogP contribution in [0, 0.1) is 23.7 Å². The number of imide groups is 1. The quantitative estimate of drug-likeness (QED) is 0.119. The summed E-state index contributed by atoms with van der Waals surface area (Å²) in [7, 11) is 1.65. The Morgan fingerprint density at radius 3 is 2.52 bits per heavy atom. The maximum Gasteiger partial charge on any atom is 0.272 e. The lowest BCUT2D eigenvalue weighted by molar-refractivity contribution is -0.140. The number of halogens is 3. The van der Waals surface area contributed by atoms with Crippen LogP contribution in [0.5, 0.6) is 5.75 Å². The topological polar surface area (TPSA) is 83.0 Å². The van der Waals surface area contributed by atoms with E-state index in [1.54, 1.807) is 25.2 Å². The first-order valence-electron chi connectivity index (χ1n) is 11.0. The normalized spacial score (nSPS) is 25.5. The standard InChI is InChI=1S/C23H28F2N4O3.HI/c1-26-23(28-12-14-4-2-5-17(10-14)32-13-18(24)25)27-8-3-9-29-21(30)19-15-6-7-16(11-15)20(19)22(29)31;/h2,4-7,10,15-16,18-20H,3,8-9,11-13H2,1H3,(H2,26,27,28);1H. The lowest BCUT2D eigenvalue weighted by atomic mass is 9.85. The number of fused-ring (bicyclic) bond motifs is 5. The number of likely N-dealkylation sites (tertiary alicyclic amines) is 1. The predicted octanol–water partition coefficient (Wildman–Crippen LogP) is 2.81. The van der Waals surface area contributed by atoms with Crippen LogP contribution in [0.3, 0.4) is 0 Å². The second-order valence-corrected chi connectivity index (χ2v) is 8.38. The Balaban J connectivity index is 0.00000306. The lowest BCUT2D eigenvalue weighted by Crippen LogP contribution is -2.39. The van der Waals surface area contributed by atoms with Crippen LogP contribution in [0.4, 0.5) is 8.78 Å². The predicted molar refractivity (Wildman–Crippen MR) is 131 cm³/mol. The summed E-state index contributed by atoms with van der Waals surface area (Å²) in [4.78, 5) is 31.0.